The van der Waals surface area contributed by atoms with Crippen LogP contribution in [0.15, 0.2) is 42.5 Å². The second kappa shape index (κ2) is 8.65. The van der Waals surface area contributed by atoms with E-state index >= 15 is 0 Å². The lowest BCUT2D eigenvalue weighted by Crippen LogP contribution is -2.43. The summed E-state index contributed by atoms with van der Waals surface area (Å²) in [4.78, 5) is 16.4. The van der Waals surface area contributed by atoms with Gasteiger partial charge in [-0.2, -0.15) is 13.2 Å². The number of methoxy groups -OCH3 is 1. The van der Waals surface area contributed by atoms with Gasteiger partial charge in [0, 0.05) is 24.7 Å². The number of aliphatic hydroxyl groups is 1. The Morgan fingerprint density at radius 3 is 2.40 bits per heavy atom. The van der Waals surface area contributed by atoms with Gasteiger partial charge in [-0.05, 0) is 62.0 Å². The van der Waals surface area contributed by atoms with Gasteiger partial charge >= 0.3 is 6.18 Å². The van der Waals surface area contributed by atoms with E-state index in [1.54, 1.807) is 24.3 Å². The molecular weight excluding hydrogens is 397 g/mol. The molecule has 0 fully saturated rings. The zero-order chi connectivity index (χ0) is 22.1. The summed E-state index contributed by atoms with van der Waals surface area (Å²) >= 11 is 0. The number of likely N-dealkylation sites (N-methyl/N-ethyl adjacent to an activating group) is 1. The van der Waals surface area contributed by atoms with Crippen LogP contribution in [0.1, 0.15) is 22.6 Å². The summed E-state index contributed by atoms with van der Waals surface area (Å²) in [5.74, 6) is -0.577. The van der Waals surface area contributed by atoms with E-state index in [4.69, 9.17) is 4.74 Å². The fraction of sp³-hybridized carbons (Fsp3) is 0.409. The van der Waals surface area contributed by atoms with Gasteiger partial charge in [0.25, 0.3) is 5.91 Å². The zero-order valence-electron chi connectivity index (χ0n) is 17.1. The molecule has 30 heavy (non-hydrogen) atoms. The van der Waals surface area contributed by atoms with Crippen molar-refractivity contribution in [3.05, 3.63) is 59.2 Å². The molecule has 3 rings (SSSR count). The Balaban J connectivity index is 2.07. The van der Waals surface area contributed by atoms with Gasteiger partial charge in [0.15, 0.2) is 0 Å². The molecule has 0 spiro atoms. The quantitative estimate of drug-likeness (QED) is 0.804. The van der Waals surface area contributed by atoms with E-state index in [1.807, 2.05) is 19.0 Å². The molecule has 1 aliphatic heterocycles. The number of benzene rings is 2. The molecular formula is C22H25F3N2O3. The minimum atomic E-state index is -4.49. The third kappa shape index (κ3) is 4.60. The van der Waals surface area contributed by atoms with Crippen LogP contribution < -0.4 is 9.64 Å². The predicted octanol–water partition coefficient (Wildman–Crippen LogP) is 3.31. The molecule has 162 valence electrons. The highest BCUT2D eigenvalue weighted by molar-refractivity contribution is 5.98. The number of carbonyl (C=O) groups excluding carboxylic acids is 1. The lowest BCUT2D eigenvalue weighted by Gasteiger charge is -2.27. The lowest BCUT2D eigenvalue weighted by molar-refractivity contribution is -0.137. The summed E-state index contributed by atoms with van der Waals surface area (Å²) in [7, 11) is 5.20. The van der Waals surface area contributed by atoms with Crippen LogP contribution >= 0.6 is 0 Å². The van der Waals surface area contributed by atoms with Gasteiger partial charge in [0.2, 0.25) is 0 Å². The van der Waals surface area contributed by atoms with Crippen molar-refractivity contribution in [2.24, 2.45) is 0 Å². The number of anilines is 1. The summed E-state index contributed by atoms with van der Waals surface area (Å²) in [6.45, 7) is 0.767. The van der Waals surface area contributed by atoms with Crippen molar-refractivity contribution >= 4 is 11.6 Å². The number of nitrogens with zero attached hydrogens (tertiary/aromatic N) is 2. The molecule has 0 bridgehead atoms. The fourth-order valence-corrected chi connectivity index (χ4v) is 3.67. The Bertz CT molecular complexity index is 897. The Labute approximate surface area is 173 Å². The number of hydrogen-bond acceptors (Lipinski definition) is 4. The first kappa shape index (κ1) is 22.1. The smallest absolute Gasteiger partial charge is 0.416 e. The Hall–Kier alpha value is -2.58. The molecule has 1 aliphatic rings. The number of amides is 1. The summed E-state index contributed by atoms with van der Waals surface area (Å²) < 4.78 is 45.1. The van der Waals surface area contributed by atoms with Gasteiger partial charge in [0.05, 0.1) is 12.7 Å². The van der Waals surface area contributed by atoms with Crippen LogP contribution in [0.2, 0.25) is 0 Å². The number of ether oxygens (including phenoxy) is 1. The van der Waals surface area contributed by atoms with Crippen LogP contribution in [0.3, 0.4) is 0 Å². The molecule has 1 amide bonds. The summed E-state index contributed by atoms with van der Waals surface area (Å²) in [5.41, 5.74) is 0.680. The highest BCUT2D eigenvalue weighted by Crippen LogP contribution is 2.39. The molecule has 2 aromatic rings. The van der Waals surface area contributed by atoms with E-state index < -0.39 is 29.7 Å². The number of fused-ring (bicyclic) bond motifs is 1. The third-order valence-electron chi connectivity index (χ3n) is 5.35. The Morgan fingerprint density at radius 2 is 1.83 bits per heavy atom. The molecule has 0 aromatic heterocycles. The van der Waals surface area contributed by atoms with Crippen molar-refractivity contribution in [3.63, 3.8) is 0 Å². The van der Waals surface area contributed by atoms with Crippen LogP contribution in [0.4, 0.5) is 18.9 Å². The van der Waals surface area contributed by atoms with Crippen LogP contribution in [-0.2, 0) is 17.4 Å². The molecule has 0 aliphatic carbocycles. The first-order chi connectivity index (χ1) is 14.1. The number of carbonyl (C=O) groups is 1. The monoisotopic (exact) mass is 422 g/mol. The molecule has 2 aromatic carbocycles. The first-order valence-electron chi connectivity index (χ1n) is 9.60. The topological polar surface area (TPSA) is 53.0 Å². The van der Waals surface area contributed by atoms with Crippen LogP contribution in [0.5, 0.6) is 5.75 Å². The predicted molar refractivity (Wildman–Crippen MR) is 108 cm³/mol. The van der Waals surface area contributed by atoms with Gasteiger partial charge in [-0.3, -0.25) is 4.79 Å². The van der Waals surface area contributed by atoms with Crippen molar-refractivity contribution in [1.82, 2.24) is 4.90 Å². The average molecular weight is 422 g/mol. The molecule has 1 heterocycles. The second-order valence-electron chi connectivity index (χ2n) is 7.66. The van der Waals surface area contributed by atoms with E-state index in [-0.39, 0.29) is 13.0 Å². The fourth-order valence-electron chi connectivity index (χ4n) is 3.67. The number of rotatable bonds is 5. The molecule has 0 saturated carbocycles. The first-order valence-corrected chi connectivity index (χ1v) is 9.60. The van der Waals surface area contributed by atoms with Crippen molar-refractivity contribution in [2.45, 2.75) is 24.6 Å². The highest BCUT2D eigenvalue weighted by Gasteiger charge is 2.38. The maximum atomic E-state index is 13.3. The van der Waals surface area contributed by atoms with Crippen LogP contribution in [0, 0.1) is 0 Å². The van der Waals surface area contributed by atoms with Crippen molar-refractivity contribution in [1.29, 1.82) is 0 Å². The average Bonchev–Trinajstić information content (AvgIpc) is 2.80. The summed E-state index contributed by atoms with van der Waals surface area (Å²) in [6, 6.07) is 10.2. The van der Waals surface area contributed by atoms with Crippen LogP contribution in [0.25, 0.3) is 0 Å². The van der Waals surface area contributed by atoms with E-state index in [0.29, 0.717) is 29.1 Å². The standard InChI is InChI=1S/C22H25F3N2O3/c1-26(2)10-11-27-19-9-6-16(22(23,24)25)12-15(19)13-18(20(28)21(27)29)14-4-7-17(30-3)8-5-14/h4-9,12,18,20,28H,10-11,13H2,1-3H3/t18-,20+/m1/s1. The van der Waals surface area contributed by atoms with Gasteiger partial charge in [-0.1, -0.05) is 12.1 Å². The van der Waals surface area contributed by atoms with Crippen molar-refractivity contribution in [3.8, 4) is 5.75 Å². The maximum Gasteiger partial charge on any atom is 0.416 e. The summed E-state index contributed by atoms with van der Waals surface area (Å²) in [6.07, 6.45) is -5.76. The van der Waals surface area contributed by atoms with E-state index in [9.17, 15) is 23.1 Å². The molecule has 0 unspecified atom stereocenters. The number of alkyl halides is 3. The third-order valence-corrected chi connectivity index (χ3v) is 5.35. The van der Waals surface area contributed by atoms with Crippen LogP contribution in [-0.4, -0.2) is 56.3 Å². The van der Waals surface area contributed by atoms with E-state index in [1.165, 1.54) is 18.1 Å². The maximum absolute atomic E-state index is 13.3. The number of aliphatic hydroxyl groups excluding tert-OH is 1. The van der Waals surface area contributed by atoms with E-state index in [2.05, 4.69) is 0 Å². The molecule has 0 radical (unpaired) electrons. The Kier molecular flexibility index (Phi) is 6.38. The number of halogens is 3. The van der Waals surface area contributed by atoms with Gasteiger partial charge in [-0.15, -0.1) is 0 Å². The summed E-state index contributed by atoms with van der Waals surface area (Å²) in [5, 5.41) is 10.9. The largest absolute Gasteiger partial charge is 0.497 e. The van der Waals surface area contributed by atoms with Gasteiger partial charge < -0.3 is 19.6 Å². The molecule has 1 N–H and O–H groups in total. The zero-order valence-corrected chi connectivity index (χ0v) is 17.1. The van der Waals surface area contributed by atoms with Crippen molar-refractivity contribution in [2.75, 3.05) is 39.2 Å². The normalized spacial score (nSPS) is 19.6. The second-order valence-corrected chi connectivity index (χ2v) is 7.66. The SMILES string of the molecule is COc1ccc([C@H]2Cc3cc(C(F)(F)F)ccc3N(CCN(C)C)C(=O)[C@H]2O)cc1. The Morgan fingerprint density at radius 1 is 1.17 bits per heavy atom. The molecule has 2 atom stereocenters. The van der Waals surface area contributed by atoms with Gasteiger partial charge in [0.1, 0.15) is 11.9 Å². The van der Waals surface area contributed by atoms with E-state index in [0.717, 1.165) is 12.1 Å². The highest BCUT2D eigenvalue weighted by atomic mass is 19.4. The van der Waals surface area contributed by atoms with Gasteiger partial charge in [-0.25, -0.2) is 0 Å². The minimum Gasteiger partial charge on any atom is -0.497 e. The number of hydrogen-bond donors (Lipinski definition) is 1. The molecule has 0 saturated heterocycles. The minimum absolute atomic E-state index is 0.108. The van der Waals surface area contributed by atoms with Crippen molar-refractivity contribution < 1.29 is 27.8 Å². The molecule has 5 nitrogen and oxygen atoms in total. The lowest BCUT2D eigenvalue weighted by atomic mass is 9.87. The molecule has 8 heteroatoms.